The summed E-state index contributed by atoms with van der Waals surface area (Å²) in [5, 5.41) is 11.6. The van der Waals surface area contributed by atoms with Gasteiger partial charge in [-0.1, -0.05) is 20.8 Å². The van der Waals surface area contributed by atoms with Gasteiger partial charge in [0.2, 0.25) is 0 Å². The van der Waals surface area contributed by atoms with Gasteiger partial charge < -0.3 is 10.8 Å². The Balaban J connectivity index is 3.14. The molecule has 1 heterocycles. The topological polar surface area (TPSA) is 49.5 Å². The van der Waals surface area contributed by atoms with Crippen molar-refractivity contribution in [2.24, 2.45) is 5.73 Å². The first-order chi connectivity index (χ1) is 9.60. The van der Waals surface area contributed by atoms with Crippen molar-refractivity contribution in [1.82, 2.24) is 4.90 Å². The third-order valence-corrected chi connectivity index (χ3v) is 5.26. The predicted octanol–water partition coefficient (Wildman–Crippen LogP) is 3.32. The van der Waals surface area contributed by atoms with Crippen LogP contribution in [-0.4, -0.2) is 35.2 Å². The molecule has 0 spiro atoms. The molecule has 0 amide bonds. The van der Waals surface area contributed by atoms with Gasteiger partial charge >= 0.3 is 0 Å². The Hall–Kier alpha value is -0.420. The molecular weight excluding hydrogens is 268 g/mol. The van der Waals surface area contributed by atoms with Crippen LogP contribution in [0.4, 0.5) is 0 Å². The fourth-order valence-electron chi connectivity index (χ4n) is 2.92. The Morgan fingerprint density at radius 1 is 1.25 bits per heavy atom. The van der Waals surface area contributed by atoms with Crippen LogP contribution in [0.1, 0.15) is 56.5 Å². The van der Waals surface area contributed by atoms with Crippen molar-refractivity contribution in [3.63, 3.8) is 0 Å². The van der Waals surface area contributed by atoms with Gasteiger partial charge in [0.05, 0.1) is 12.6 Å². The number of aliphatic hydroxyl groups excluding tert-OH is 1. The standard InChI is InChI=1S/C16H30N2OS/c1-5-13(6-2)18(9-10-19)15(14(17)7-3)16-12(4)8-11-20-16/h8,11,13-15,19H,5-7,9-10,17H2,1-4H3. The molecule has 0 radical (unpaired) electrons. The van der Waals surface area contributed by atoms with Gasteiger partial charge in [-0.05, 0) is 43.2 Å². The lowest BCUT2D eigenvalue weighted by Gasteiger charge is -2.40. The fourth-order valence-corrected chi connectivity index (χ4v) is 4.05. The summed E-state index contributed by atoms with van der Waals surface area (Å²) in [4.78, 5) is 3.78. The van der Waals surface area contributed by atoms with E-state index in [1.165, 1.54) is 10.4 Å². The highest BCUT2D eigenvalue weighted by molar-refractivity contribution is 7.10. The van der Waals surface area contributed by atoms with Crippen LogP contribution in [0.25, 0.3) is 0 Å². The second-order valence-corrected chi connectivity index (χ2v) is 6.36. The Labute approximate surface area is 127 Å². The fraction of sp³-hybridized carbons (Fsp3) is 0.750. The summed E-state index contributed by atoms with van der Waals surface area (Å²) in [7, 11) is 0. The summed E-state index contributed by atoms with van der Waals surface area (Å²) in [5.41, 5.74) is 7.76. The van der Waals surface area contributed by atoms with Gasteiger partial charge in [0.1, 0.15) is 0 Å². The van der Waals surface area contributed by atoms with Crippen LogP contribution in [-0.2, 0) is 0 Å². The molecule has 0 bridgehead atoms. The maximum Gasteiger partial charge on any atom is 0.0599 e. The zero-order chi connectivity index (χ0) is 15.1. The highest BCUT2D eigenvalue weighted by atomic mass is 32.1. The van der Waals surface area contributed by atoms with Gasteiger partial charge in [-0.15, -0.1) is 11.3 Å². The predicted molar refractivity (Wildman–Crippen MR) is 88.2 cm³/mol. The van der Waals surface area contributed by atoms with E-state index in [1.807, 2.05) is 0 Å². The average molecular weight is 298 g/mol. The van der Waals surface area contributed by atoms with Crippen LogP contribution in [0.15, 0.2) is 11.4 Å². The van der Waals surface area contributed by atoms with Crippen LogP contribution in [0, 0.1) is 6.92 Å². The minimum absolute atomic E-state index is 0.111. The molecule has 0 saturated heterocycles. The molecule has 0 aliphatic rings. The maximum atomic E-state index is 9.47. The Morgan fingerprint density at radius 2 is 1.90 bits per heavy atom. The zero-order valence-corrected chi connectivity index (χ0v) is 14.1. The van der Waals surface area contributed by atoms with Gasteiger partial charge in [-0.3, -0.25) is 4.90 Å². The summed E-state index contributed by atoms with van der Waals surface area (Å²) in [5.74, 6) is 0. The van der Waals surface area contributed by atoms with Gasteiger partial charge in [-0.2, -0.15) is 0 Å². The second kappa shape index (κ2) is 8.78. The Morgan fingerprint density at radius 3 is 2.30 bits per heavy atom. The van der Waals surface area contributed by atoms with E-state index in [0.717, 1.165) is 19.3 Å². The molecule has 0 aromatic carbocycles. The zero-order valence-electron chi connectivity index (χ0n) is 13.3. The lowest BCUT2D eigenvalue weighted by atomic mass is 9.97. The molecule has 4 heteroatoms. The molecule has 0 fully saturated rings. The van der Waals surface area contributed by atoms with E-state index in [2.05, 4.69) is 44.0 Å². The molecule has 116 valence electrons. The highest BCUT2D eigenvalue weighted by Crippen LogP contribution is 2.34. The quantitative estimate of drug-likeness (QED) is 0.735. The average Bonchev–Trinajstić information content (AvgIpc) is 2.86. The van der Waals surface area contributed by atoms with Gasteiger partial charge in [0.25, 0.3) is 0 Å². The first kappa shape index (κ1) is 17.6. The normalized spacial score (nSPS) is 15.0. The van der Waals surface area contributed by atoms with E-state index < -0.39 is 0 Å². The highest BCUT2D eigenvalue weighted by Gasteiger charge is 2.31. The lowest BCUT2D eigenvalue weighted by molar-refractivity contribution is 0.0828. The van der Waals surface area contributed by atoms with Crippen LogP contribution >= 0.6 is 11.3 Å². The van der Waals surface area contributed by atoms with E-state index in [1.54, 1.807) is 11.3 Å². The molecule has 20 heavy (non-hydrogen) atoms. The van der Waals surface area contributed by atoms with Crippen LogP contribution in [0.3, 0.4) is 0 Å². The van der Waals surface area contributed by atoms with E-state index in [0.29, 0.717) is 12.6 Å². The summed E-state index contributed by atoms with van der Waals surface area (Å²) in [6, 6.07) is 2.97. The van der Waals surface area contributed by atoms with Crippen molar-refractivity contribution in [3.05, 3.63) is 21.9 Å². The molecule has 3 nitrogen and oxygen atoms in total. The van der Waals surface area contributed by atoms with Gasteiger partial charge in [0.15, 0.2) is 0 Å². The third-order valence-electron chi connectivity index (χ3n) is 4.17. The minimum Gasteiger partial charge on any atom is -0.395 e. The number of thiophene rings is 1. The monoisotopic (exact) mass is 298 g/mol. The van der Waals surface area contributed by atoms with E-state index in [9.17, 15) is 5.11 Å². The van der Waals surface area contributed by atoms with Gasteiger partial charge in [-0.25, -0.2) is 0 Å². The summed E-state index contributed by atoms with van der Waals surface area (Å²) in [6.45, 7) is 9.62. The van der Waals surface area contributed by atoms with Gasteiger partial charge in [0, 0.05) is 23.5 Å². The SMILES string of the molecule is CCC(N)C(c1sccc1C)N(CCO)C(CC)CC. The van der Waals surface area contributed by atoms with Crippen LogP contribution in [0.5, 0.6) is 0 Å². The molecule has 1 aromatic heterocycles. The van der Waals surface area contributed by atoms with E-state index in [-0.39, 0.29) is 18.7 Å². The smallest absolute Gasteiger partial charge is 0.0599 e. The molecule has 3 N–H and O–H groups in total. The number of hydrogen-bond acceptors (Lipinski definition) is 4. The number of nitrogens with zero attached hydrogens (tertiary/aromatic N) is 1. The summed E-state index contributed by atoms with van der Waals surface area (Å²) < 4.78 is 0. The summed E-state index contributed by atoms with van der Waals surface area (Å²) in [6.07, 6.45) is 3.13. The van der Waals surface area contributed by atoms with Crippen LogP contribution in [0.2, 0.25) is 0 Å². The number of rotatable bonds is 9. The molecule has 0 aliphatic heterocycles. The number of aryl methyl sites for hydroxylation is 1. The van der Waals surface area contributed by atoms with E-state index >= 15 is 0 Å². The molecule has 1 rings (SSSR count). The van der Waals surface area contributed by atoms with Crippen molar-refractivity contribution in [2.75, 3.05) is 13.2 Å². The number of aliphatic hydroxyl groups is 1. The third kappa shape index (κ3) is 4.04. The molecule has 2 atom stereocenters. The Bertz CT molecular complexity index is 376. The Kier molecular flexibility index (Phi) is 7.74. The van der Waals surface area contributed by atoms with Crippen molar-refractivity contribution < 1.29 is 5.11 Å². The van der Waals surface area contributed by atoms with E-state index in [4.69, 9.17) is 5.73 Å². The summed E-state index contributed by atoms with van der Waals surface area (Å²) >= 11 is 1.79. The van der Waals surface area contributed by atoms with Crippen molar-refractivity contribution in [2.45, 2.75) is 65.1 Å². The lowest BCUT2D eigenvalue weighted by Crippen LogP contribution is -2.47. The first-order valence-electron chi connectivity index (χ1n) is 7.76. The molecular formula is C16H30N2OS. The van der Waals surface area contributed by atoms with Crippen molar-refractivity contribution in [3.8, 4) is 0 Å². The maximum absolute atomic E-state index is 9.47. The largest absolute Gasteiger partial charge is 0.395 e. The molecule has 2 unspecified atom stereocenters. The van der Waals surface area contributed by atoms with Crippen LogP contribution < -0.4 is 5.73 Å². The number of hydrogen-bond donors (Lipinski definition) is 2. The van der Waals surface area contributed by atoms with Crippen molar-refractivity contribution in [1.29, 1.82) is 0 Å². The first-order valence-corrected chi connectivity index (χ1v) is 8.64. The molecule has 1 aromatic rings. The molecule has 0 saturated carbocycles. The molecule has 0 aliphatic carbocycles. The second-order valence-electron chi connectivity index (χ2n) is 5.42. The number of nitrogens with two attached hydrogens (primary N) is 1. The van der Waals surface area contributed by atoms with Crippen molar-refractivity contribution >= 4 is 11.3 Å². The minimum atomic E-state index is 0.111.